The number of aromatic nitrogens is 2. The molecule has 0 radical (unpaired) electrons. The number of para-hydroxylation sites is 2. The first-order chi connectivity index (χ1) is 26.5. The van der Waals surface area contributed by atoms with E-state index in [1.54, 1.807) is 0 Å². The van der Waals surface area contributed by atoms with E-state index in [0.717, 1.165) is 44.9 Å². The molecule has 4 nitrogen and oxygen atoms in total. The highest BCUT2D eigenvalue weighted by atomic mass is 16.3. The third kappa shape index (κ3) is 4.53. The molecule has 10 aromatic rings. The number of benzene rings is 8. The normalized spacial score (nSPS) is 13.1. The second-order valence-corrected chi connectivity index (χ2v) is 14.8. The van der Waals surface area contributed by atoms with Gasteiger partial charge in [0.1, 0.15) is 5.52 Å². The molecule has 2 heterocycles. The molecule has 0 bridgehead atoms. The van der Waals surface area contributed by atoms with Crippen molar-refractivity contribution in [2.24, 2.45) is 0 Å². The van der Waals surface area contributed by atoms with Crippen LogP contribution in [-0.4, -0.2) is 9.55 Å². The molecule has 2 aromatic heterocycles. The van der Waals surface area contributed by atoms with Crippen molar-refractivity contribution >= 4 is 60.7 Å². The van der Waals surface area contributed by atoms with Crippen LogP contribution in [0, 0.1) is 0 Å². The van der Waals surface area contributed by atoms with Gasteiger partial charge in [-0.15, -0.1) is 0 Å². The fraction of sp³-hybridized carbons (Fsp3) is 0.0600. The maximum absolute atomic E-state index is 6.70. The molecule has 0 amide bonds. The van der Waals surface area contributed by atoms with Crippen molar-refractivity contribution in [3.63, 3.8) is 0 Å². The fourth-order valence-corrected chi connectivity index (χ4v) is 8.76. The van der Waals surface area contributed by atoms with E-state index in [2.05, 4.69) is 163 Å². The number of rotatable bonds is 5. The van der Waals surface area contributed by atoms with Gasteiger partial charge in [0.2, 0.25) is 5.89 Å². The monoisotopic (exact) mass is 693 g/mol. The van der Waals surface area contributed by atoms with Crippen LogP contribution in [0.25, 0.3) is 71.9 Å². The van der Waals surface area contributed by atoms with Crippen LogP contribution in [0.4, 0.5) is 17.1 Å². The molecule has 256 valence electrons. The van der Waals surface area contributed by atoms with Crippen molar-refractivity contribution in [3.05, 3.63) is 187 Å². The zero-order valence-corrected chi connectivity index (χ0v) is 30.0. The molecule has 0 N–H and O–H groups in total. The molecule has 0 spiro atoms. The zero-order valence-electron chi connectivity index (χ0n) is 30.0. The van der Waals surface area contributed by atoms with Crippen LogP contribution in [-0.2, 0) is 5.41 Å². The van der Waals surface area contributed by atoms with Crippen LogP contribution >= 0.6 is 0 Å². The average molecular weight is 694 g/mol. The Morgan fingerprint density at radius 3 is 2.04 bits per heavy atom. The van der Waals surface area contributed by atoms with Gasteiger partial charge in [-0.2, -0.15) is 0 Å². The van der Waals surface area contributed by atoms with Crippen LogP contribution in [0.15, 0.2) is 180 Å². The van der Waals surface area contributed by atoms with Gasteiger partial charge in [0.15, 0.2) is 5.58 Å². The highest BCUT2D eigenvalue weighted by Crippen LogP contribution is 2.51. The first-order valence-electron chi connectivity index (χ1n) is 18.5. The van der Waals surface area contributed by atoms with Crippen LogP contribution in [0.2, 0.25) is 0 Å². The molecule has 4 heteroatoms. The highest BCUT2D eigenvalue weighted by molar-refractivity contribution is 6.15. The van der Waals surface area contributed by atoms with Gasteiger partial charge in [0.05, 0.1) is 16.7 Å². The summed E-state index contributed by atoms with van der Waals surface area (Å²) in [6, 6.07) is 63.0. The van der Waals surface area contributed by atoms with Crippen molar-refractivity contribution < 1.29 is 4.42 Å². The van der Waals surface area contributed by atoms with Crippen LogP contribution in [0.1, 0.15) is 25.0 Å². The van der Waals surface area contributed by atoms with E-state index in [4.69, 9.17) is 9.40 Å². The molecule has 1 aliphatic rings. The van der Waals surface area contributed by atoms with Gasteiger partial charge < -0.3 is 13.9 Å². The fourth-order valence-electron chi connectivity index (χ4n) is 8.76. The summed E-state index contributed by atoms with van der Waals surface area (Å²) in [5.41, 5.74) is 14.2. The lowest BCUT2D eigenvalue weighted by molar-refractivity contribution is 0.620. The zero-order chi connectivity index (χ0) is 36.0. The minimum Gasteiger partial charge on any atom is -0.434 e. The Kier molecular flexibility index (Phi) is 6.56. The number of fused-ring (bicyclic) bond motifs is 8. The molecule has 0 aliphatic heterocycles. The molecule has 1 aliphatic carbocycles. The van der Waals surface area contributed by atoms with Crippen LogP contribution in [0.5, 0.6) is 0 Å². The molecule has 0 fully saturated rings. The predicted molar refractivity (Wildman–Crippen MR) is 224 cm³/mol. The Morgan fingerprint density at radius 2 is 1.20 bits per heavy atom. The van der Waals surface area contributed by atoms with E-state index < -0.39 is 0 Å². The van der Waals surface area contributed by atoms with E-state index in [9.17, 15) is 0 Å². The van der Waals surface area contributed by atoms with Gasteiger partial charge in [-0.05, 0) is 112 Å². The first kappa shape index (κ1) is 30.7. The number of nitrogens with zero attached hydrogens (tertiary/aromatic N) is 3. The van der Waals surface area contributed by atoms with Crippen molar-refractivity contribution in [2.45, 2.75) is 19.3 Å². The summed E-state index contributed by atoms with van der Waals surface area (Å²) in [6.45, 7) is 4.67. The van der Waals surface area contributed by atoms with E-state index in [-0.39, 0.29) is 5.41 Å². The molecule has 0 saturated heterocycles. The van der Waals surface area contributed by atoms with E-state index in [1.807, 2.05) is 36.4 Å². The number of hydrogen-bond acceptors (Lipinski definition) is 3. The maximum Gasteiger partial charge on any atom is 0.227 e. The SMILES string of the molecule is CC1(C)c2ccccc2-c2ccc(N(c3ccc4c(c3)c3cc5ccccc5cc3n4-c3ccccc3)c3cccc4nc(-c5ccccc5)oc34)cc21. The summed E-state index contributed by atoms with van der Waals surface area (Å²) in [5.74, 6) is 0.608. The minimum atomic E-state index is -0.152. The molecule has 0 atom stereocenters. The molecule has 54 heavy (non-hydrogen) atoms. The lowest BCUT2D eigenvalue weighted by Crippen LogP contribution is -2.16. The molecule has 0 unspecified atom stereocenters. The Bertz CT molecular complexity index is 3080. The van der Waals surface area contributed by atoms with Gasteiger partial charge in [0.25, 0.3) is 0 Å². The number of anilines is 3. The average Bonchev–Trinajstić information content (AvgIpc) is 3.87. The lowest BCUT2D eigenvalue weighted by atomic mass is 9.82. The summed E-state index contributed by atoms with van der Waals surface area (Å²) < 4.78 is 9.10. The van der Waals surface area contributed by atoms with Gasteiger partial charge in [-0.3, -0.25) is 0 Å². The minimum absolute atomic E-state index is 0.152. The Hall–Kier alpha value is -6.91. The van der Waals surface area contributed by atoms with Gasteiger partial charge >= 0.3 is 0 Å². The van der Waals surface area contributed by atoms with Crippen LogP contribution < -0.4 is 4.90 Å². The second-order valence-electron chi connectivity index (χ2n) is 14.8. The van der Waals surface area contributed by atoms with Gasteiger partial charge in [-0.1, -0.05) is 111 Å². The Labute approximate surface area is 313 Å². The van der Waals surface area contributed by atoms with E-state index in [1.165, 1.54) is 49.3 Å². The quantitative estimate of drug-likeness (QED) is 0.180. The largest absolute Gasteiger partial charge is 0.434 e. The summed E-state index contributed by atoms with van der Waals surface area (Å²) in [6.07, 6.45) is 0. The molecular formula is C50H35N3O. The topological polar surface area (TPSA) is 34.2 Å². The smallest absolute Gasteiger partial charge is 0.227 e. The molecule has 11 rings (SSSR count). The molecule has 0 saturated carbocycles. The molecule has 8 aromatic carbocycles. The van der Waals surface area contributed by atoms with E-state index in [0.29, 0.717) is 5.89 Å². The third-order valence-corrected chi connectivity index (χ3v) is 11.4. The Morgan fingerprint density at radius 1 is 0.537 bits per heavy atom. The van der Waals surface area contributed by atoms with Crippen molar-refractivity contribution in [3.8, 4) is 28.3 Å². The van der Waals surface area contributed by atoms with E-state index >= 15 is 0 Å². The molecular weight excluding hydrogens is 659 g/mol. The Balaban J connectivity index is 1.19. The van der Waals surface area contributed by atoms with Crippen LogP contribution in [0.3, 0.4) is 0 Å². The number of hydrogen-bond donors (Lipinski definition) is 0. The van der Waals surface area contributed by atoms with Gasteiger partial charge in [0, 0.05) is 38.8 Å². The summed E-state index contributed by atoms with van der Waals surface area (Å²) >= 11 is 0. The van der Waals surface area contributed by atoms with Gasteiger partial charge in [-0.25, -0.2) is 4.98 Å². The van der Waals surface area contributed by atoms with Crippen molar-refractivity contribution in [2.75, 3.05) is 4.90 Å². The maximum atomic E-state index is 6.70. The van der Waals surface area contributed by atoms with Crippen molar-refractivity contribution in [1.82, 2.24) is 9.55 Å². The third-order valence-electron chi connectivity index (χ3n) is 11.4. The predicted octanol–water partition coefficient (Wildman–Crippen LogP) is 13.5. The highest BCUT2D eigenvalue weighted by Gasteiger charge is 2.36. The first-order valence-corrected chi connectivity index (χ1v) is 18.5. The lowest BCUT2D eigenvalue weighted by Gasteiger charge is -2.28. The second kappa shape index (κ2) is 11.5. The summed E-state index contributed by atoms with van der Waals surface area (Å²) in [7, 11) is 0. The van der Waals surface area contributed by atoms with Crippen molar-refractivity contribution in [1.29, 1.82) is 0 Å². The standard InChI is InChI=1S/C50H35N3O/c1-50(2)42-21-12-11-20-38(42)39-26-24-37(31-43(39)50)52(46-23-13-22-44-48(46)54-49(51-44)32-14-5-3-6-15-32)36-25-27-45-41(30-36)40-28-33-16-9-10-17-34(33)29-47(40)53(45)35-18-7-4-8-19-35/h3-31H,1-2H3. The summed E-state index contributed by atoms with van der Waals surface area (Å²) in [5, 5.41) is 4.84. The number of oxazole rings is 1. The summed E-state index contributed by atoms with van der Waals surface area (Å²) in [4.78, 5) is 7.34.